The van der Waals surface area contributed by atoms with E-state index in [9.17, 15) is 26.4 Å². The first-order valence-corrected chi connectivity index (χ1v) is 10.5. The van der Waals surface area contributed by atoms with Crippen molar-refractivity contribution < 1.29 is 31.1 Å². The number of benzene rings is 2. The van der Waals surface area contributed by atoms with E-state index in [-0.39, 0.29) is 36.1 Å². The van der Waals surface area contributed by atoms with E-state index < -0.39 is 16.4 Å². The van der Waals surface area contributed by atoms with Crippen LogP contribution in [-0.2, 0) is 21.4 Å². The van der Waals surface area contributed by atoms with Crippen molar-refractivity contribution in [1.82, 2.24) is 9.62 Å². The maximum atomic E-state index is 12.5. The highest BCUT2D eigenvalue weighted by atomic mass is 32.2. The van der Waals surface area contributed by atoms with Gasteiger partial charge in [-0.15, -0.1) is 13.2 Å². The van der Waals surface area contributed by atoms with Crippen LogP contribution < -0.4 is 9.46 Å². The van der Waals surface area contributed by atoms with Gasteiger partial charge >= 0.3 is 6.36 Å². The molecule has 2 aromatic rings. The summed E-state index contributed by atoms with van der Waals surface area (Å²) in [7, 11) is -2.21. The summed E-state index contributed by atoms with van der Waals surface area (Å²) in [6, 6.07) is 10.3. The van der Waals surface area contributed by atoms with Gasteiger partial charge < -0.3 is 9.64 Å². The Labute approximate surface area is 173 Å². The van der Waals surface area contributed by atoms with Crippen LogP contribution in [0.15, 0.2) is 47.4 Å². The molecule has 0 aliphatic rings. The predicted molar refractivity (Wildman–Crippen MR) is 105 cm³/mol. The molecule has 0 bridgehead atoms. The van der Waals surface area contributed by atoms with Crippen LogP contribution in [0.2, 0.25) is 0 Å². The molecule has 164 valence electrons. The number of carbonyl (C=O) groups excluding carboxylic acids is 1. The molecule has 0 radical (unpaired) electrons. The van der Waals surface area contributed by atoms with Gasteiger partial charge in [0, 0.05) is 26.6 Å². The van der Waals surface area contributed by atoms with Crippen LogP contribution in [0.25, 0.3) is 0 Å². The summed E-state index contributed by atoms with van der Waals surface area (Å²) < 4.78 is 67.7. The van der Waals surface area contributed by atoms with E-state index in [4.69, 9.17) is 0 Å². The average molecular weight is 444 g/mol. The minimum absolute atomic E-state index is 0.0597. The van der Waals surface area contributed by atoms with Gasteiger partial charge in [-0.2, -0.15) is 0 Å². The van der Waals surface area contributed by atoms with Crippen LogP contribution in [0.1, 0.15) is 23.1 Å². The molecule has 6 nitrogen and oxygen atoms in total. The van der Waals surface area contributed by atoms with E-state index in [0.29, 0.717) is 11.1 Å². The Balaban J connectivity index is 1.88. The zero-order valence-corrected chi connectivity index (χ0v) is 17.6. The van der Waals surface area contributed by atoms with Crippen LogP contribution in [0, 0.1) is 13.8 Å². The first-order chi connectivity index (χ1) is 13.9. The van der Waals surface area contributed by atoms with Crippen molar-refractivity contribution in [3.05, 3.63) is 59.2 Å². The molecule has 0 saturated carbocycles. The summed E-state index contributed by atoms with van der Waals surface area (Å²) in [6.07, 6.45) is -4.82. The number of alkyl halides is 3. The summed E-state index contributed by atoms with van der Waals surface area (Å²) >= 11 is 0. The second-order valence-electron chi connectivity index (χ2n) is 6.86. The molecule has 10 heteroatoms. The van der Waals surface area contributed by atoms with Gasteiger partial charge in [-0.3, -0.25) is 4.79 Å². The molecule has 0 fully saturated rings. The van der Waals surface area contributed by atoms with Crippen LogP contribution in [0.5, 0.6) is 5.75 Å². The SMILES string of the molecule is Cc1ccc(C)c(S(=O)(=O)NCCC(=O)N(C)Cc2ccc(OC(F)(F)F)cc2)c1. The zero-order valence-electron chi connectivity index (χ0n) is 16.8. The fourth-order valence-corrected chi connectivity index (χ4v) is 4.08. The molecule has 0 aromatic heterocycles. The van der Waals surface area contributed by atoms with Gasteiger partial charge in [-0.1, -0.05) is 24.3 Å². The van der Waals surface area contributed by atoms with Crippen LogP contribution >= 0.6 is 0 Å². The Kier molecular flexibility index (Phi) is 7.49. The first kappa shape index (κ1) is 23.7. The van der Waals surface area contributed by atoms with Gasteiger partial charge in [0.2, 0.25) is 15.9 Å². The molecule has 0 unspecified atom stereocenters. The number of halogens is 3. The largest absolute Gasteiger partial charge is 0.573 e. The summed E-state index contributed by atoms with van der Waals surface area (Å²) in [4.78, 5) is 13.8. The van der Waals surface area contributed by atoms with E-state index >= 15 is 0 Å². The molecule has 0 aliphatic carbocycles. The number of ether oxygens (including phenoxy) is 1. The van der Waals surface area contributed by atoms with Crippen molar-refractivity contribution in [2.24, 2.45) is 0 Å². The lowest BCUT2D eigenvalue weighted by molar-refractivity contribution is -0.274. The van der Waals surface area contributed by atoms with Gasteiger partial charge in [-0.25, -0.2) is 13.1 Å². The monoisotopic (exact) mass is 444 g/mol. The number of hydrogen-bond acceptors (Lipinski definition) is 4. The number of aryl methyl sites for hydroxylation is 2. The van der Waals surface area contributed by atoms with Gasteiger partial charge in [0.15, 0.2) is 0 Å². The van der Waals surface area contributed by atoms with Gasteiger partial charge in [0.05, 0.1) is 4.90 Å². The molecule has 0 aliphatic heterocycles. The summed E-state index contributed by atoms with van der Waals surface area (Å²) in [5.41, 5.74) is 2.02. The molecule has 2 rings (SSSR count). The van der Waals surface area contributed by atoms with Crippen molar-refractivity contribution in [3.8, 4) is 5.75 Å². The van der Waals surface area contributed by atoms with Gasteiger partial charge in [-0.05, 0) is 48.7 Å². The third kappa shape index (κ3) is 7.03. The minimum Gasteiger partial charge on any atom is -0.406 e. The Morgan fingerprint density at radius 2 is 1.73 bits per heavy atom. The highest BCUT2D eigenvalue weighted by molar-refractivity contribution is 7.89. The fourth-order valence-electron chi connectivity index (χ4n) is 2.72. The Morgan fingerprint density at radius 3 is 2.33 bits per heavy atom. The second kappa shape index (κ2) is 9.48. The number of sulfonamides is 1. The molecule has 0 atom stereocenters. The molecule has 0 heterocycles. The third-order valence-corrected chi connectivity index (χ3v) is 5.87. The third-order valence-electron chi connectivity index (χ3n) is 4.27. The lowest BCUT2D eigenvalue weighted by Crippen LogP contribution is -2.32. The Bertz CT molecular complexity index is 990. The molecule has 1 amide bonds. The molecule has 0 spiro atoms. The number of nitrogens with zero attached hydrogens (tertiary/aromatic N) is 1. The van der Waals surface area contributed by atoms with Crippen LogP contribution in [-0.4, -0.2) is 39.2 Å². The van der Waals surface area contributed by atoms with Crippen LogP contribution in [0.3, 0.4) is 0 Å². The zero-order chi connectivity index (χ0) is 22.5. The number of amides is 1. The molecule has 1 N–H and O–H groups in total. The maximum absolute atomic E-state index is 12.5. The molecule has 2 aromatic carbocycles. The standard InChI is InChI=1S/C20H23F3N2O4S/c1-14-4-5-15(2)18(12-14)30(27,28)24-11-10-19(26)25(3)13-16-6-8-17(9-7-16)29-20(21,22)23/h4-9,12,24H,10-11,13H2,1-3H3. The normalized spacial score (nSPS) is 11.9. The maximum Gasteiger partial charge on any atom is 0.573 e. The van der Waals surface area contributed by atoms with E-state index in [0.717, 1.165) is 5.56 Å². The average Bonchev–Trinajstić information content (AvgIpc) is 2.63. The van der Waals surface area contributed by atoms with Crippen molar-refractivity contribution in [2.45, 2.75) is 38.1 Å². The van der Waals surface area contributed by atoms with Crippen LogP contribution in [0.4, 0.5) is 13.2 Å². The van der Waals surface area contributed by atoms with E-state index in [1.165, 1.54) is 36.2 Å². The number of nitrogens with one attached hydrogen (secondary N) is 1. The first-order valence-electron chi connectivity index (χ1n) is 9.03. The number of hydrogen-bond donors (Lipinski definition) is 1. The van der Waals surface area contributed by atoms with Gasteiger partial charge in [0.1, 0.15) is 5.75 Å². The van der Waals surface area contributed by atoms with E-state index in [1.807, 2.05) is 6.07 Å². The second-order valence-corrected chi connectivity index (χ2v) is 8.59. The highest BCUT2D eigenvalue weighted by Crippen LogP contribution is 2.23. The van der Waals surface area contributed by atoms with Crippen molar-refractivity contribution in [3.63, 3.8) is 0 Å². The Morgan fingerprint density at radius 1 is 1.10 bits per heavy atom. The fraction of sp³-hybridized carbons (Fsp3) is 0.350. The van der Waals surface area contributed by atoms with E-state index in [1.54, 1.807) is 26.0 Å². The topological polar surface area (TPSA) is 75.7 Å². The van der Waals surface area contributed by atoms with Crippen molar-refractivity contribution in [1.29, 1.82) is 0 Å². The molecule has 0 saturated heterocycles. The lowest BCUT2D eigenvalue weighted by Gasteiger charge is -2.18. The molecular weight excluding hydrogens is 421 g/mol. The smallest absolute Gasteiger partial charge is 0.406 e. The quantitative estimate of drug-likeness (QED) is 0.676. The van der Waals surface area contributed by atoms with Crippen molar-refractivity contribution in [2.75, 3.05) is 13.6 Å². The lowest BCUT2D eigenvalue weighted by atomic mass is 10.2. The molecular formula is C20H23F3N2O4S. The van der Waals surface area contributed by atoms with Gasteiger partial charge in [0.25, 0.3) is 0 Å². The Hall–Kier alpha value is -2.59. The summed E-state index contributed by atoms with van der Waals surface area (Å²) in [6.45, 7) is 3.57. The predicted octanol–water partition coefficient (Wildman–Crippen LogP) is 3.53. The highest BCUT2D eigenvalue weighted by Gasteiger charge is 2.31. The molecule has 30 heavy (non-hydrogen) atoms. The number of carbonyl (C=O) groups is 1. The summed E-state index contributed by atoms with van der Waals surface area (Å²) in [5.74, 6) is -0.657. The summed E-state index contributed by atoms with van der Waals surface area (Å²) in [5, 5.41) is 0. The number of rotatable bonds is 8. The van der Waals surface area contributed by atoms with Crippen molar-refractivity contribution >= 4 is 15.9 Å². The minimum atomic E-state index is -4.77. The van der Waals surface area contributed by atoms with E-state index in [2.05, 4.69) is 9.46 Å².